The maximum atomic E-state index is 12.6. The minimum atomic E-state index is 0.116. The Bertz CT molecular complexity index is 857. The van der Waals surface area contributed by atoms with E-state index < -0.39 is 0 Å². The first kappa shape index (κ1) is 21.5. The fourth-order valence-corrected chi connectivity index (χ4v) is 4.58. The lowest BCUT2D eigenvalue weighted by atomic mass is 9.92. The Morgan fingerprint density at radius 3 is 2.42 bits per heavy atom. The average molecular weight is 423 g/mol. The lowest BCUT2D eigenvalue weighted by Gasteiger charge is -2.36. The number of amides is 1. The van der Waals surface area contributed by atoms with Crippen molar-refractivity contribution in [2.24, 2.45) is 0 Å². The first-order chi connectivity index (χ1) is 15.1. The van der Waals surface area contributed by atoms with Gasteiger partial charge in [0.1, 0.15) is 6.61 Å². The molecule has 1 amide bonds. The first-order valence-electron chi connectivity index (χ1n) is 11.4. The number of nitrogen functional groups attached to an aromatic ring is 1. The topological polar surface area (TPSA) is 70.8 Å². The molecule has 0 radical (unpaired) electrons. The number of nitrogens with zero attached hydrogens (tertiary/aromatic N) is 2. The number of carbonyl (C=O) groups is 1. The van der Waals surface area contributed by atoms with E-state index in [0.717, 1.165) is 63.2 Å². The zero-order chi connectivity index (χ0) is 21.6. The molecule has 2 aromatic rings. The highest BCUT2D eigenvalue weighted by Crippen LogP contribution is 2.26. The number of para-hydroxylation sites is 1. The molecule has 2 aliphatic rings. The summed E-state index contributed by atoms with van der Waals surface area (Å²) >= 11 is 0. The van der Waals surface area contributed by atoms with E-state index in [9.17, 15) is 4.79 Å². The van der Waals surface area contributed by atoms with Gasteiger partial charge < -0.3 is 25.6 Å². The summed E-state index contributed by atoms with van der Waals surface area (Å²) in [6.45, 7) is 5.54. The molecule has 6 nitrogen and oxygen atoms in total. The highest BCUT2D eigenvalue weighted by molar-refractivity contribution is 5.77. The van der Waals surface area contributed by atoms with E-state index in [1.165, 1.54) is 11.3 Å². The monoisotopic (exact) mass is 422 g/mol. The number of anilines is 3. The minimum absolute atomic E-state index is 0.116. The summed E-state index contributed by atoms with van der Waals surface area (Å²) in [6, 6.07) is 16.8. The van der Waals surface area contributed by atoms with Crippen molar-refractivity contribution in [2.45, 2.75) is 44.8 Å². The maximum Gasteiger partial charge on any atom is 0.248 e. The van der Waals surface area contributed by atoms with Crippen LogP contribution in [0.3, 0.4) is 0 Å². The second-order valence-electron chi connectivity index (χ2n) is 8.71. The fourth-order valence-electron chi connectivity index (χ4n) is 4.58. The Morgan fingerprint density at radius 2 is 1.74 bits per heavy atom. The molecule has 0 atom stereocenters. The van der Waals surface area contributed by atoms with Crippen molar-refractivity contribution in [3.05, 3.63) is 54.1 Å². The Morgan fingerprint density at radius 1 is 1.03 bits per heavy atom. The molecule has 1 saturated heterocycles. The number of hydrogen-bond acceptors (Lipinski definition) is 5. The van der Waals surface area contributed by atoms with E-state index in [1.54, 1.807) is 0 Å². The van der Waals surface area contributed by atoms with E-state index in [2.05, 4.69) is 47.5 Å². The van der Waals surface area contributed by atoms with Crippen molar-refractivity contribution in [3.63, 3.8) is 0 Å². The van der Waals surface area contributed by atoms with Crippen molar-refractivity contribution in [2.75, 3.05) is 48.7 Å². The molecule has 3 N–H and O–H groups in total. The fraction of sp³-hybridized carbons (Fsp3) is 0.480. The maximum absolute atomic E-state index is 12.6. The molecule has 1 aliphatic heterocycles. The van der Waals surface area contributed by atoms with Gasteiger partial charge in [-0.1, -0.05) is 18.2 Å². The molecule has 4 rings (SSSR count). The van der Waals surface area contributed by atoms with Crippen LogP contribution in [0.2, 0.25) is 0 Å². The Kier molecular flexibility index (Phi) is 6.97. The van der Waals surface area contributed by atoms with Crippen LogP contribution in [-0.4, -0.2) is 55.7 Å². The molecule has 2 fully saturated rings. The molecule has 0 unspecified atom stereocenters. The molecule has 31 heavy (non-hydrogen) atoms. The van der Waals surface area contributed by atoms with Gasteiger partial charge in [0.25, 0.3) is 0 Å². The van der Waals surface area contributed by atoms with E-state index in [1.807, 2.05) is 23.1 Å². The van der Waals surface area contributed by atoms with Crippen LogP contribution in [0.4, 0.5) is 17.1 Å². The van der Waals surface area contributed by atoms with Crippen LogP contribution < -0.4 is 16.0 Å². The standard InChI is InChI=1S/C25H34N4O2/c1-19-17-20(26)7-12-24(19)27-21-8-10-23(11-9-21)31-18-25(30)29-15-13-28(14-16-29)22-5-3-2-4-6-22/h2-7,12,17,21,23,27H,8-11,13-16,18,26H2,1H3. The van der Waals surface area contributed by atoms with Crippen molar-refractivity contribution in [1.29, 1.82) is 0 Å². The largest absolute Gasteiger partial charge is 0.399 e. The molecule has 0 aromatic heterocycles. The number of rotatable bonds is 6. The van der Waals surface area contributed by atoms with Crippen LogP contribution in [0.1, 0.15) is 31.2 Å². The zero-order valence-corrected chi connectivity index (χ0v) is 18.4. The molecular weight excluding hydrogens is 388 g/mol. The number of carbonyl (C=O) groups excluding carboxylic acids is 1. The van der Waals surface area contributed by atoms with Crippen molar-refractivity contribution >= 4 is 23.0 Å². The summed E-state index contributed by atoms with van der Waals surface area (Å²) in [7, 11) is 0. The number of nitrogens with one attached hydrogen (secondary N) is 1. The van der Waals surface area contributed by atoms with Crippen LogP contribution in [0.5, 0.6) is 0 Å². The highest BCUT2D eigenvalue weighted by Gasteiger charge is 2.25. The van der Waals surface area contributed by atoms with Gasteiger partial charge in [-0.25, -0.2) is 0 Å². The van der Waals surface area contributed by atoms with Crippen molar-refractivity contribution in [3.8, 4) is 0 Å². The summed E-state index contributed by atoms with van der Waals surface area (Å²) in [6.07, 6.45) is 4.26. The molecule has 0 bridgehead atoms. The van der Waals surface area contributed by atoms with Gasteiger partial charge in [-0.15, -0.1) is 0 Å². The van der Waals surface area contributed by atoms with Crippen LogP contribution in [0.15, 0.2) is 48.5 Å². The number of ether oxygens (including phenoxy) is 1. The van der Waals surface area contributed by atoms with Gasteiger partial charge in [-0.2, -0.15) is 0 Å². The number of nitrogens with two attached hydrogens (primary N) is 1. The van der Waals surface area contributed by atoms with Gasteiger partial charge in [0.15, 0.2) is 0 Å². The van der Waals surface area contributed by atoms with E-state index in [4.69, 9.17) is 10.5 Å². The third kappa shape index (κ3) is 5.70. The normalized spacial score (nSPS) is 21.7. The van der Waals surface area contributed by atoms with Crippen molar-refractivity contribution in [1.82, 2.24) is 4.90 Å². The third-order valence-electron chi connectivity index (χ3n) is 6.48. The molecule has 0 spiro atoms. The second-order valence-corrected chi connectivity index (χ2v) is 8.71. The second kappa shape index (κ2) is 10.1. The molecule has 2 aromatic carbocycles. The summed E-state index contributed by atoms with van der Waals surface area (Å²) in [5.41, 5.74) is 10.2. The molecule has 6 heteroatoms. The number of benzene rings is 2. The SMILES string of the molecule is Cc1cc(N)ccc1NC1CCC(OCC(=O)N2CCN(c3ccccc3)CC2)CC1. The van der Waals surface area contributed by atoms with E-state index >= 15 is 0 Å². The molecule has 1 aliphatic carbocycles. The van der Waals surface area contributed by atoms with Crippen LogP contribution in [0, 0.1) is 6.92 Å². The van der Waals surface area contributed by atoms with Gasteiger partial charge in [0, 0.05) is 49.3 Å². The Balaban J connectivity index is 1.16. The minimum Gasteiger partial charge on any atom is -0.399 e. The number of hydrogen-bond donors (Lipinski definition) is 2. The van der Waals surface area contributed by atoms with Gasteiger partial charge in [0.2, 0.25) is 5.91 Å². The van der Waals surface area contributed by atoms with E-state index in [-0.39, 0.29) is 18.6 Å². The molecule has 166 valence electrons. The van der Waals surface area contributed by atoms with Crippen molar-refractivity contribution < 1.29 is 9.53 Å². The highest BCUT2D eigenvalue weighted by atomic mass is 16.5. The number of piperazine rings is 1. The van der Waals surface area contributed by atoms with Gasteiger partial charge >= 0.3 is 0 Å². The molecular formula is C25H34N4O2. The lowest BCUT2D eigenvalue weighted by molar-refractivity contribution is -0.139. The van der Waals surface area contributed by atoms with Gasteiger partial charge in [-0.05, 0) is 68.5 Å². The molecule has 1 heterocycles. The van der Waals surface area contributed by atoms with Crippen LogP contribution >= 0.6 is 0 Å². The summed E-state index contributed by atoms with van der Waals surface area (Å²) in [5, 5.41) is 3.64. The Hall–Kier alpha value is -2.73. The van der Waals surface area contributed by atoms with Gasteiger partial charge in [0.05, 0.1) is 6.10 Å². The smallest absolute Gasteiger partial charge is 0.248 e. The molecule has 1 saturated carbocycles. The Labute approximate surface area is 185 Å². The predicted molar refractivity (Wildman–Crippen MR) is 126 cm³/mol. The average Bonchev–Trinajstić information content (AvgIpc) is 2.81. The first-order valence-corrected chi connectivity index (χ1v) is 11.4. The summed E-state index contributed by atoms with van der Waals surface area (Å²) < 4.78 is 6.00. The predicted octanol–water partition coefficient (Wildman–Crippen LogP) is 3.67. The summed E-state index contributed by atoms with van der Waals surface area (Å²) in [4.78, 5) is 16.9. The summed E-state index contributed by atoms with van der Waals surface area (Å²) in [5.74, 6) is 0.116. The van der Waals surface area contributed by atoms with Crippen LogP contribution in [0.25, 0.3) is 0 Å². The lowest BCUT2D eigenvalue weighted by Crippen LogP contribution is -2.50. The van der Waals surface area contributed by atoms with Crippen LogP contribution in [-0.2, 0) is 9.53 Å². The third-order valence-corrected chi connectivity index (χ3v) is 6.48. The van der Waals surface area contributed by atoms with E-state index in [0.29, 0.717) is 6.04 Å². The van der Waals surface area contributed by atoms with Gasteiger partial charge in [-0.3, -0.25) is 4.79 Å². The quantitative estimate of drug-likeness (QED) is 0.695. The zero-order valence-electron chi connectivity index (χ0n) is 18.4. The number of aryl methyl sites for hydroxylation is 1.